The number of benzene rings is 2. The largest absolute Gasteiger partial charge is 0.352 e. The minimum absolute atomic E-state index is 0.0921. The summed E-state index contributed by atoms with van der Waals surface area (Å²) in [5.74, 6) is 0.736. The molecule has 142 valence electrons. The van der Waals surface area contributed by atoms with Gasteiger partial charge in [-0.2, -0.15) is 0 Å². The van der Waals surface area contributed by atoms with E-state index in [0.717, 1.165) is 35.6 Å². The van der Waals surface area contributed by atoms with Crippen LogP contribution in [0, 0.1) is 5.82 Å². The number of amides is 2. The van der Waals surface area contributed by atoms with Crippen molar-refractivity contribution in [2.75, 3.05) is 18.8 Å². The third-order valence-corrected chi connectivity index (χ3v) is 5.55. The van der Waals surface area contributed by atoms with Crippen molar-refractivity contribution in [3.63, 3.8) is 0 Å². The van der Waals surface area contributed by atoms with Gasteiger partial charge in [0.1, 0.15) is 5.82 Å². The molecule has 0 atom stereocenters. The van der Waals surface area contributed by atoms with E-state index in [-0.39, 0.29) is 17.6 Å². The number of likely N-dealkylation sites (tertiary alicyclic amines) is 1. The first kappa shape index (κ1) is 19.4. The quantitative estimate of drug-likeness (QED) is 0.554. The van der Waals surface area contributed by atoms with E-state index in [4.69, 9.17) is 0 Å². The highest BCUT2D eigenvalue weighted by Gasteiger charge is 2.19. The molecule has 0 radical (unpaired) electrons. The molecule has 2 aromatic rings. The van der Waals surface area contributed by atoms with Crippen molar-refractivity contribution in [1.29, 1.82) is 0 Å². The van der Waals surface area contributed by atoms with Crippen LogP contribution in [0.4, 0.5) is 4.39 Å². The highest BCUT2D eigenvalue weighted by Crippen LogP contribution is 2.18. The topological polar surface area (TPSA) is 49.4 Å². The molecule has 0 aliphatic carbocycles. The summed E-state index contributed by atoms with van der Waals surface area (Å²) in [6.45, 7) is 2.02. The molecule has 0 bridgehead atoms. The van der Waals surface area contributed by atoms with Gasteiger partial charge in [0.05, 0.1) is 0 Å². The zero-order valence-electron chi connectivity index (χ0n) is 15.1. The van der Waals surface area contributed by atoms with E-state index in [1.807, 2.05) is 17.0 Å². The zero-order chi connectivity index (χ0) is 19.1. The number of carbonyl (C=O) groups excluding carboxylic acids is 2. The third-order valence-electron chi connectivity index (χ3n) is 4.45. The first-order valence-electron chi connectivity index (χ1n) is 9.15. The fourth-order valence-corrected chi connectivity index (χ4v) is 3.80. The van der Waals surface area contributed by atoms with Crippen LogP contribution in [-0.2, 0) is 11.3 Å². The molecule has 1 N–H and O–H groups in total. The maximum Gasteiger partial charge on any atom is 0.251 e. The summed E-state index contributed by atoms with van der Waals surface area (Å²) in [5, 5.41) is 2.92. The van der Waals surface area contributed by atoms with Gasteiger partial charge in [-0.05, 0) is 60.6 Å². The molecule has 0 unspecified atom stereocenters. The lowest BCUT2D eigenvalue weighted by molar-refractivity contribution is -0.128. The normalized spacial score (nSPS) is 13.8. The molecule has 3 rings (SSSR count). The van der Waals surface area contributed by atoms with Crippen molar-refractivity contribution < 1.29 is 14.0 Å². The summed E-state index contributed by atoms with van der Waals surface area (Å²) in [7, 11) is 0. The molecule has 4 nitrogen and oxygen atoms in total. The van der Waals surface area contributed by atoms with Crippen molar-refractivity contribution >= 4 is 23.6 Å². The van der Waals surface area contributed by atoms with Crippen LogP contribution >= 0.6 is 11.8 Å². The first-order chi connectivity index (χ1) is 13.1. The highest BCUT2D eigenvalue weighted by atomic mass is 32.2. The second-order valence-electron chi connectivity index (χ2n) is 6.53. The van der Waals surface area contributed by atoms with Crippen molar-refractivity contribution in [1.82, 2.24) is 10.2 Å². The van der Waals surface area contributed by atoms with Crippen LogP contribution in [-0.4, -0.2) is 35.6 Å². The summed E-state index contributed by atoms with van der Waals surface area (Å²) in [6.07, 6.45) is 2.40. The van der Waals surface area contributed by atoms with Gasteiger partial charge in [0.15, 0.2) is 0 Å². The van der Waals surface area contributed by atoms with E-state index in [9.17, 15) is 14.0 Å². The Labute approximate surface area is 163 Å². The Kier molecular flexibility index (Phi) is 6.87. The number of halogens is 1. The van der Waals surface area contributed by atoms with Crippen LogP contribution in [0.5, 0.6) is 0 Å². The van der Waals surface area contributed by atoms with Crippen LogP contribution in [0.1, 0.15) is 35.2 Å². The van der Waals surface area contributed by atoms with Gasteiger partial charge in [0.2, 0.25) is 5.91 Å². The lowest BCUT2D eigenvalue weighted by Crippen LogP contribution is -2.25. The molecule has 2 aromatic carbocycles. The van der Waals surface area contributed by atoms with Gasteiger partial charge in [-0.15, -0.1) is 11.8 Å². The molecule has 2 amide bonds. The van der Waals surface area contributed by atoms with Crippen LogP contribution in [0.25, 0.3) is 0 Å². The molecule has 1 saturated heterocycles. The standard InChI is InChI=1S/C21H23FN2O2S/c22-18-8-10-19(11-9-18)27-14-2-12-23-21(26)17-6-4-16(5-7-17)15-24-13-1-3-20(24)25/h4-11H,1-3,12-15H2,(H,23,26). The van der Waals surface area contributed by atoms with Gasteiger partial charge in [-0.1, -0.05) is 12.1 Å². The van der Waals surface area contributed by atoms with Gasteiger partial charge in [-0.3, -0.25) is 9.59 Å². The second-order valence-corrected chi connectivity index (χ2v) is 7.70. The molecular weight excluding hydrogens is 363 g/mol. The molecule has 0 saturated carbocycles. The Morgan fingerprint density at radius 2 is 1.85 bits per heavy atom. The Bertz CT molecular complexity index is 778. The Balaban J connectivity index is 1.37. The van der Waals surface area contributed by atoms with E-state index in [1.165, 1.54) is 12.1 Å². The third kappa shape index (κ3) is 5.82. The Morgan fingerprint density at radius 3 is 2.52 bits per heavy atom. The summed E-state index contributed by atoms with van der Waals surface area (Å²) in [6, 6.07) is 13.8. The predicted octanol–water partition coefficient (Wildman–Crippen LogP) is 3.86. The number of thioether (sulfide) groups is 1. The molecule has 0 spiro atoms. The fraction of sp³-hybridized carbons (Fsp3) is 0.333. The van der Waals surface area contributed by atoms with Gasteiger partial charge < -0.3 is 10.2 Å². The number of rotatable bonds is 8. The van der Waals surface area contributed by atoms with Gasteiger partial charge in [-0.25, -0.2) is 4.39 Å². The Morgan fingerprint density at radius 1 is 1.11 bits per heavy atom. The maximum absolute atomic E-state index is 12.8. The average molecular weight is 386 g/mol. The van der Waals surface area contributed by atoms with Crippen LogP contribution < -0.4 is 5.32 Å². The average Bonchev–Trinajstić information content (AvgIpc) is 3.08. The van der Waals surface area contributed by atoms with Crippen molar-refractivity contribution in [2.24, 2.45) is 0 Å². The SMILES string of the molecule is O=C(NCCCSc1ccc(F)cc1)c1ccc(CN2CCCC2=O)cc1. The van der Waals surface area contributed by atoms with Crippen LogP contribution in [0.3, 0.4) is 0 Å². The van der Waals surface area contributed by atoms with E-state index >= 15 is 0 Å². The van der Waals surface area contributed by atoms with Crippen molar-refractivity contribution in [3.05, 3.63) is 65.5 Å². The smallest absolute Gasteiger partial charge is 0.251 e. The van der Waals surface area contributed by atoms with Crippen LogP contribution in [0.15, 0.2) is 53.4 Å². The molecule has 27 heavy (non-hydrogen) atoms. The molecule has 6 heteroatoms. The number of carbonyl (C=O) groups is 2. The number of hydrogen-bond acceptors (Lipinski definition) is 3. The zero-order valence-corrected chi connectivity index (χ0v) is 15.9. The first-order valence-corrected chi connectivity index (χ1v) is 10.1. The molecule has 1 aliphatic heterocycles. The van der Waals surface area contributed by atoms with Gasteiger partial charge >= 0.3 is 0 Å². The minimum Gasteiger partial charge on any atom is -0.352 e. The monoisotopic (exact) mass is 386 g/mol. The summed E-state index contributed by atoms with van der Waals surface area (Å²) < 4.78 is 12.8. The summed E-state index contributed by atoms with van der Waals surface area (Å²) in [4.78, 5) is 26.8. The molecular formula is C21H23FN2O2S. The molecule has 0 aromatic heterocycles. The molecule has 1 heterocycles. The molecule has 1 aliphatic rings. The molecule has 1 fully saturated rings. The Hall–Kier alpha value is -2.34. The second kappa shape index (κ2) is 9.55. The van der Waals surface area contributed by atoms with Gasteiger partial charge in [0.25, 0.3) is 5.91 Å². The van der Waals surface area contributed by atoms with Crippen molar-refractivity contribution in [3.8, 4) is 0 Å². The lowest BCUT2D eigenvalue weighted by atomic mass is 10.1. The number of nitrogens with zero attached hydrogens (tertiary/aromatic N) is 1. The summed E-state index contributed by atoms with van der Waals surface area (Å²) >= 11 is 1.64. The number of hydrogen-bond donors (Lipinski definition) is 1. The van der Waals surface area contributed by atoms with E-state index in [2.05, 4.69) is 5.32 Å². The predicted molar refractivity (Wildman–Crippen MR) is 105 cm³/mol. The van der Waals surface area contributed by atoms with Crippen LogP contribution in [0.2, 0.25) is 0 Å². The highest BCUT2D eigenvalue weighted by molar-refractivity contribution is 7.99. The van der Waals surface area contributed by atoms with Gasteiger partial charge in [0, 0.05) is 36.5 Å². The lowest BCUT2D eigenvalue weighted by Gasteiger charge is -2.15. The van der Waals surface area contributed by atoms with E-state index in [1.54, 1.807) is 36.0 Å². The maximum atomic E-state index is 12.8. The summed E-state index contributed by atoms with van der Waals surface area (Å²) in [5.41, 5.74) is 1.66. The van der Waals surface area contributed by atoms with E-state index in [0.29, 0.717) is 25.1 Å². The fourth-order valence-electron chi connectivity index (χ4n) is 2.95. The number of nitrogens with one attached hydrogen (secondary N) is 1. The minimum atomic E-state index is -0.232. The van der Waals surface area contributed by atoms with Crippen molar-refractivity contribution in [2.45, 2.75) is 30.7 Å². The van der Waals surface area contributed by atoms with E-state index < -0.39 is 0 Å².